The molecule has 6 nitrogen and oxygen atoms in total. The van der Waals surface area contributed by atoms with Crippen molar-refractivity contribution in [2.45, 2.75) is 31.9 Å². The quantitative estimate of drug-likeness (QED) is 0.553. The summed E-state index contributed by atoms with van der Waals surface area (Å²) in [6.45, 7) is 1.66. The Balaban J connectivity index is 1.53. The Labute approximate surface area is 199 Å². The molecule has 4 rings (SSSR count). The van der Waals surface area contributed by atoms with E-state index in [4.69, 9.17) is 10.00 Å². The molecule has 0 bridgehead atoms. The zero-order chi connectivity index (χ0) is 23.8. The van der Waals surface area contributed by atoms with Gasteiger partial charge in [-0.1, -0.05) is 42.5 Å². The first-order valence-corrected chi connectivity index (χ1v) is 11.5. The van der Waals surface area contributed by atoms with Crippen LogP contribution in [-0.4, -0.2) is 31.1 Å². The Morgan fingerprint density at radius 3 is 2.47 bits per heavy atom. The summed E-state index contributed by atoms with van der Waals surface area (Å²) >= 11 is 0. The number of amides is 2. The molecule has 1 atom stereocenters. The van der Waals surface area contributed by atoms with Crippen molar-refractivity contribution in [1.82, 2.24) is 5.32 Å². The van der Waals surface area contributed by atoms with E-state index in [2.05, 4.69) is 11.4 Å². The maximum absolute atomic E-state index is 13.5. The summed E-state index contributed by atoms with van der Waals surface area (Å²) < 4.78 is 5.57. The predicted molar refractivity (Wildman–Crippen MR) is 130 cm³/mol. The Hall–Kier alpha value is -3.95. The molecule has 1 aliphatic heterocycles. The van der Waals surface area contributed by atoms with Gasteiger partial charge in [-0.05, 0) is 60.4 Å². The zero-order valence-electron chi connectivity index (χ0n) is 18.9. The first-order valence-electron chi connectivity index (χ1n) is 11.5. The summed E-state index contributed by atoms with van der Waals surface area (Å²) in [6, 6.07) is 26.0. The molecule has 0 aliphatic carbocycles. The number of nitrogens with one attached hydrogen (secondary N) is 1. The van der Waals surface area contributed by atoms with Crippen LogP contribution in [0.5, 0.6) is 0 Å². The number of benzene rings is 3. The molecule has 3 aromatic rings. The van der Waals surface area contributed by atoms with E-state index < -0.39 is 0 Å². The first-order chi connectivity index (χ1) is 16.6. The highest BCUT2D eigenvalue weighted by molar-refractivity contribution is 6.06. The predicted octanol–water partition coefficient (Wildman–Crippen LogP) is 4.24. The maximum atomic E-state index is 13.5. The van der Waals surface area contributed by atoms with Crippen LogP contribution in [0.3, 0.4) is 0 Å². The summed E-state index contributed by atoms with van der Waals surface area (Å²) in [5.74, 6) is -0.242. The number of nitrogens with zero attached hydrogens (tertiary/aromatic N) is 2. The molecule has 3 aromatic carbocycles. The summed E-state index contributed by atoms with van der Waals surface area (Å²) in [6.07, 6.45) is 2.33. The van der Waals surface area contributed by atoms with E-state index >= 15 is 0 Å². The Morgan fingerprint density at radius 1 is 1.00 bits per heavy atom. The molecule has 0 spiro atoms. The number of anilines is 1. The van der Waals surface area contributed by atoms with E-state index in [9.17, 15) is 9.59 Å². The molecule has 6 heteroatoms. The van der Waals surface area contributed by atoms with Crippen molar-refractivity contribution >= 4 is 17.5 Å². The van der Waals surface area contributed by atoms with Gasteiger partial charge in [0.05, 0.1) is 30.7 Å². The molecule has 1 N–H and O–H groups in total. The maximum Gasteiger partial charge on any atom is 0.258 e. The largest absolute Gasteiger partial charge is 0.376 e. The lowest BCUT2D eigenvalue weighted by molar-refractivity contribution is -0.120. The second-order valence-electron chi connectivity index (χ2n) is 8.35. The van der Waals surface area contributed by atoms with E-state index in [0.717, 1.165) is 30.6 Å². The minimum Gasteiger partial charge on any atom is -0.376 e. The molecule has 1 heterocycles. The molecule has 2 amide bonds. The Bertz CT molecular complexity index is 1160. The number of hydrogen-bond donors (Lipinski definition) is 1. The molecule has 1 saturated heterocycles. The van der Waals surface area contributed by atoms with Crippen LogP contribution in [0.15, 0.2) is 78.9 Å². The number of rotatable bonds is 8. The van der Waals surface area contributed by atoms with Crippen LogP contribution in [0.1, 0.15) is 39.9 Å². The summed E-state index contributed by atoms with van der Waals surface area (Å²) in [7, 11) is 0. The summed E-state index contributed by atoms with van der Waals surface area (Å²) in [5, 5.41) is 12.0. The highest BCUT2D eigenvalue weighted by Gasteiger charge is 2.20. The third-order valence-corrected chi connectivity index (χ3v) is 5.83. The van der Waals surface area contributed by atoms with Gasteiger partial charge >= 0.3 is 0 Å². The fourth-order valence-electron chi connectivity index (χ4n) is 4.00. The van der Waals surface area contributed by atoms with E-state index in [-0.39, 0.29) is 24.3 Å². The number of hydrogen-bond acceptors (Lipinski definition) is 4. The lowest BCUT2D eigenvalue weighted by atomic mass is 10.1. The lowest BCUT2D eigenvalue weighted by Gasteiger charge is -2.24. The molecule has 0 aromatic heterocycles. The van der Waals surface area contributed by atoms with Gasteiger partial charge in [-0.3, -0.25) is 9.59 Å². The molecule has 1 aliphatic rings. The van der Waals surface area contributed by atoms with Gasteiger partial charge in [0.1, 0.15) is 0 Å². The molecule has 0 radical (unpaired) electrons. The van der Waals surface area contributed by atoms with Gasteiger partial charge in [0.15, 0.2) is 0 Å². The van der Waals surface area contributed by atoms with Gasteiger partial charge in [0.25, 0.3) is 5.91 Å². The van der Waals surface area contributed by atoms with Gasteiger partial charge in [-0.2, -0.15) is 5.26 Å². The molecular weight excluding hydrogens is 426 g/mol. The standard InChI is InChI=1S/C28H27N3O3/c29-18-21-11-13-24(14-12-21)28(33)31(20-22-6-2-1-3-7-22)25-9-4-8-23(16-25)17-27(32)30-19-26-10-5-15-34-26/h1-4,6-9,11-14,16,26H,5,10,15,17,19-20H2,(H,30,32). The van der Waals surface area contributed by atoms with E-state index in [0.29, 0.717) is 29.9 Å². The van der Waals surface area contributed by atoms with Crippen LogP contribution < -0.4 is 10.2 Å². The van der Waals surface area contributed by atoms with Crippen LogP contribution in [0.25, 0.3) is 0 Å². The average Bonchev–Trinajstić information content (AvgIpc) is 3.40. The molecule has 172 valence electrons. The van der Waals surface area contributed by atoms with Crippen LogP contribution in [0.4, 0.5) is 5.69 Å². The van der Waals surface area contributed by atoms with Gasteiger partial charge in [-0.15, -0.1) is 0 Å². The SMILES string of the molecule is N#Cc1ccc(C(=O)N(Cc2ccccc2)c2cccc(CC(=O)NCC3CCCO3)c2)cc1. The smallest absolute Gasteiger partial charge is 0.258 e. The third kappa shape index (κ3) is 6.09. The number of nitriles is 1. The zero-order valence-corrected chi connectivity index (χ0v) is 18.9. The minimum absolute atomic E-state index is 0.0688. The summed E-state index contributed by atoms with van der Waals surface area (Å²) in [5.41, 5.74) is 3.52. The second-order valence-corrected chi connectivity index (χ2v) is 8.35. The van der Waals surface area contributed by atoms with Crippen molar-refractivity contribution in [2.75, 3.05) is 18.1 Å². The van der Waals surface area contributed by atoms with E-state index in [1.54, 1.807) is 29.2 Å². The number of carbonyl (C=O) groups excluding carboxylic acids is 2. The lowest BCUT2D eigenvalue weighted by Crippen LogP contribution is -2.33. The molecule has 1 unspecified atom stereocenters. The van der Waals surface area contributed by atoms with Crippen molar-refractivity contribution in [2.24, 2.45) is 0 Å². The fourth-order valence-corrected chi connectivity index (χ4v) is 4.00. The van der Waals surface area contributed by atoms with Crippen LogP contribution >= 0.6 is 0 Å². The van der Waals surface area contributed by atoms with Crippen LogP contribution in [0, 0.1) is 11.3 Å². The van der Waals surface area contributed by atoms with Crippen molar-refractivity contribution < 1.29 is 14.3 Å². The van der Waals surface area contributed by atoms with Gasteiger partial charge in [-0.25, -0.2) is 0 Å². The van der Waals surface area contributed by atoms with Crippen molar-refractivity contribution in [3.05, 3.63) is 101 Å². The first kappa shape index (κ1) is 23.2. The van der Waals surface area contributed by atoms with E-state index in [1.807, 2.05) is 54.6 Å². The Morgan fingerprint density at radius 2 is 1.76 bits per heavy atom. The fraction of sp³-hybridized carbons (Fsp3) is 0.250. The second kappa shape index (κ2) is 11.3. The normalized spacial score (nSPS) is 14.9. The minimum atomic E-state index is -0.173. The monoisotopic (exact) mass is 453 g/mol. The van der Waals surface area contributed by atoms with Crippen molar-refractivity contribution in [3.63, 3.8) is 0 Å². The molecular formula is C28H27N3O3. The molecule has 0 saturated carbocycles. The van der Waals surface area contributed by atoms with E-state index in [1.165, 1.54) is 0 Å². The average molecular weight is 454 g/mol. The van der Waals surface area contributed by atoms with Gasteiger partial charge in [0, 0.05) is 24.4 Å². The number of ether oxygens (including phenoxy) is 1. The molecule has 34 heavy (non-hydrogen) atoms. The number of carbonyl (C=O) groups is 2. The Kier molecular flexibility index (Phi) is 7.69. The third-order valence-electron chi connectivity index (χ3n) is 5.83. The highest BCUT2D eigenvalue weighted by Crippen LogP contribution is 2.22. The van der Waals surface area contributed by atoms with Crippen molar-refractivity contribution in [3.8, 4) is 6.07 Å². The van der Waals surface area contributed by atoms with Gasteiger partial charge < -0.3 is 15.0 Å². The van der Waals surface area contributed by atoms with Crippen molar-refractivity contribution in [1.29, 1.82) is 5.26 Å². The van der Waals surface area contributed by atoms with Crippen LogP contribution in [-0.2, 0) is 22.5 Å². The van der Waals surface area contributed by atoms with Crippen LogP contribution in [0.2, 0.25) is 0 Å². The topological polar surface area (TPSA) is 82.4 Å². The highest BCUT2D eigenvalue weighted by atomic mass is 16.5. The van der Waals surface area contributed by atoms with Gasteiger partial charge in [0.2, 0.25) is 5.91 Å². The molecule has 1 fully saturated rings. The summed E-state index contributed by atoms with van der Waals surface area (Å²) in [4.78, 5) is 27.7.